The summed E-state index contributed by atoms with van der Waals surface area (Å²) in [6.07, 6.45) is 3.48. The number of carbonyl (C=O) groups is 1. The van der Waals surface area contributed by atoms with Gasteiger partial charge in [0.15, 0.2) is 0 Å². The van der Waals surface area contributed by atoms with Gasteiger partial charge in [0.25, 0.3) is 5.91 Å². The van der Waals surface area contributed by atoms with Gasteiger partial charge in [-0.15, -0.1) is 0 Å². The molecule has 2 heterocycles. The van der Waals surface area contributed by atoms with E-state index < -0.39 is 0 Å². The molecule has 0 aliphatic rings. The molecule has 0 saturated heterocycles. The van der Waals surface area contributed by atoms with Gasteiger partial charge in [-0.05, 0) is 54.1 Å². The molecule has 0 spiro atoms. The van der Waals surface area contributed by atoms with Gasteiger partial charge in [-0.25, -0.2) is 0 Å². The van der Waals surface area contributed by atoms with Gasteiger partial charge < -0.3 is 35.5 Å². The van der Waals surface area contributed by atoms with Crippen molar-refractivity contribution in [2.24, 2.45) is 0 Å². The fourth-order valence-corrected chi connectivity index (χ4v) is 3.56. The maximum Gasteiger partial charge on any atom is 0.251 e. The first kappa shape index (κ1) is 29.2. The minimum absolute atomic E-state index is 0.118. The molecule has 0 unspecified atom stereocenters. The maximum absolute atomic E-state index is 12.0. The highest BCUT2D eigenvalue weighted by Gasteiger charge is 2.08. The fourth-order valence-electron chi connectivity index (χ4n) is 3.56. The normalized spacial score (nSPS) is 10.6. The number of nitrogens with one attached hydrogen (secondary N) is 4. The van der Waals surface area contributed by atoms with E-state index in [2.05, 4.69) is 41.2 Å². The topological polar surface area (TPSA) is 144 Å². The van der Waals surface area contributed by atoms with E-state index in [1.165, 1.54) is 0 Å². The Morgan fingerprint density at radius 3 is 2.10 bits per heavy atom. The Hall–Kier alpha value is -4.81. The lowest BCUT2D eigenvalue weighted by molar-refractivity contribution is 0.0519. The van der Waals surface area contributed by atoms with Crippen LogP contribution in [0.5, 0.6) is 5.75 Å². The molecule has 12 heteroatoms. The second-order valence-electron chi connectivity index (χ2n) is 8.64. The summed E-state index contributed by atoms with van der Waals surface area (Å²) in [5.74, 6) is 1.85. The molecule has 0 aliphatic heterocycles. The van der Waals surface area contributed by atoms with E-state index >= 15 is 0 Å². The molecule has 0 bridgehead atoms. The molecule has 4 aromatic rings. The van der Waals surface area contributed by atoms with Crippen molar-refractivity contribution in [3.8, 4) is 5.75 Å². The zero-order valence-electron chi connectivity index (χ0n) is 22.9. The molecule has 41 heavy (non-hydrogen) atoms. The summed E-state index contributed by atoms with van der Waals surface area (Å²) in [7, 11) is 1.62. The van der Waals surface area contributed by atoms with Crippen LogP contribution in [-0.4, -0.2) is 72.5 Å². The van der Waals surface area contributed by atoms with Crippen LogP contribution >= 0.6 is 0 Å². The summed E-state index contributed by atoms with van der Waals surface area (Å²) in [5.41, 5.74) is 2.49. The van der Waals surface area contributed by atoms with Gasteiger partial charge in [0, 0.05) is 43.3 Å². The summed E-state index contributed by atoms with van der Waals surface area (Å²) in [5, 5.41) is 12.4. The predicted octanol–water partition coefficient (Wildman–Crippen LogP) is 3.51. The Kier molecular flexibility index (Phi) is 11.6. The number of ether oxygens (including phenoxy) is 3. The Balaban J connectivity index is 1.19. The quantitative estimate of drug-likeness (QED) is 0.141. The maximum atomic E-state index is 12.0. The molecule has 0 radical (unpaired) electrons. The molecule has 2 aromatic carbocycles. The molecule has 2 aromatic heterocycles. The first-order chi connectivity index (χ1) is 20.2. The zero-order valence-corrected chi connectivity index (χ0v) is 22.9. The highest BCUT2D eigenvalue weighted by atomic mass is 16.5. The second kappa shape index (κ2) is 16.3. The van der Waals surface area contributed by atoms with Gasteiger partial charge in [-0.1, -0.05) is 18.2 Å². The third-order valence-electron chi connectivity index (χ3n) is 5.65. The van der Waals surface area contributed by atoms with Crippen molar-refractivity contribution in [3.63, 3.8) is 0 Å². The number of aromatic nitrogens is 4. The summed E-state index contributed by atoms with van der Waals surface area (Å²) < 4.78 is 16.4. The van der Waals surface area contributed by atoms with Gasteiger partial charge in [0.1, 0.15) is 5.75 Å². The monoisotopic (exact) mass is 558 g/mol. The standard InChI is InChI=1S/C29H34N8O4/c1-39-25-9-7-24(8-10-25)34-29-36-27(35-28(37-29)33-21-22-11-13-30-14-12-22)32-16-18-41-20-19-40-17-15-31-26(38)23-5-3-2-4-6-23/h2-14H,15-21H2,1H3,(H,31,38)(H3,32,33,34,35,36,37). The van der Waals surface area contributed by atoms with E-state index in [4.69, 9.17) is 14.2 Å². The number of amides is 1. The van der Waals surface area contributed by atoms with Crippen LogP contribution in [0.15, 0.2) is 79.1 Å². The second-order valence-corrected chi connectivity index (χ2v) is 8.64. The SMILES string of the molecule is COc1ccc(Nc2nc(NCCOCCOCCNC(=O)c3ccccc3)nc(NCc3ccncc3)n2)cc1. The smallest absolute Gasteiger partial charge is 0.251 e. The third kappa shape index (κ3) is 10.4. The lowest BCUT2D eigenvalue weighted by atomic mass is 10.2. The molecule has 214 valence electrons. The number of methoxy groups -OCH3 is 1. The molecule has 0 aliphatic carbocycles. The Morgan fingerprint density at radius 1 is 0.732 bits per heavy atom. The molecule has 4 N–H and O–H groups in total. The lowest BCUT2D eigenvalue weighted by Crippen LogP contribution is -2.27. The predicted molar refractivity (Wildman–Crippen MR) is 157 cm³/mol. The van der Waals surface area contributed by atoms with Gasteiger partial charge in [-0.3, -0.25) is 9.78 Å². The lowest BCUT2D eigenvalue weighted by Gasteiger charge is -2.12. The molecular weight excluding hydrogens is 524 g/mol. The molecule has 4 rings (SSSR count). The minimum Gasteiger partial charge on any atom is -0.497 e. The highest BCUT2D eigenvalue weighted by Crippen LogP contribution is 2.19. The average molecular weight is 559 g/mol. The number of hydrogen-bond acceptors (Lipinski definition) is 11. The van der Waals surface area contributed by atoms with Crippen LogP contribution in [0.4, 0.5) is 23.5 Å². The van der Waals surface area contributed by atoms with Crippen molar-refractivity contribution in [2.45, 2.75) is 6.54 Å². The van der Waals surface area contributed by atoms with Gasteiger partial charge in [-0.2, -0.15) is 15.0 Å². The third-order valence-corrected chi connectivity index (χ3v) is 5.65. The van der Waals surface area contributed by atoms with E-state index in [1.54, 1.807) is 31.6 Å². The summed E-state index contributed by atoms with van der Waals surface area (Å²) in [6, 6.07) is 20.4. The minimum atomic E-state index is -0.118. The number of rotatable bonds is 17. The largest absolute Gasteiger partial charge is 0.497 e. The average Bonchev–Trinajstić information content (AvgIpc) is 3.02. The number of carbonyl (C=O) groups excluding carboxylic acids is 1. The summed E-state index contributed by atoms with van der Waals surface area (Å²) >= 11 is 0. The zero-order chi connectivity index (χ0) is 28.5. The summed E-state index contributed by atoms with van der Waals surface area (Å²) in [6.45, 7) is 3.14. The van der Waals surface area contributed by atoms with Gasteiger partial charge >= 0.3 is 0 Å². The first-order valence-electron chi connectivity index (χ1n) is 13.2. The fraction of sp³-hybridized carbons (Fsp3) is 0.276. The Bertz CT molecular complexity index is 1330. The first-order valence-corrected chi connectivity index (χ1v) is 13.2. The van der Waals surface area contributed by atoms with Crippen molar-refractivity contribution >= 4 is 29.4 Å². The number of pyridine rings is 1. The number of benzene rings is 2. The van der Waals surface area contributed by atoms with E-state index in [9.17, 15) is 4.79 Å². The molecule has 0 fully saturated rings. The molecule has 12 nitrogen and oxygen atoms in total. The molecular formula is C29H34N8O4. The van der Waals surface area contributed by atoms with Crippen molar-refractivity contribution in [3.05, 3.63) is 90.3 Å². The van der Waals surface area contributed by atoms with Crippen LogP contribution in [0.3, 0.4) is 0 Å². The van der Waals surface area contributed by atoms with E-state index in [0.717, 1.165) is 17.0 Å². The van der Waals surface area contributed by atoms with Crippen molar-refractivity contribution in [2.75, 3.05) is 62.6 Å². The Morgan fingerprint density at radius 2 is 1.39 bits per heavy atom. The van der Waals surface area contributed by atoms with Gasteiger partial charge in [0.05, 0.1) is 33.5 Å². The van der Waals surface area contributed by atoms with E-state index in [0.29, 0.717) is 69.5 Å². The highest BCUT2D eigenvalue weighted by molar-refractivity contribution is 5.94. The van der Waals surface area contributed by atoms with Crippen LogP contribution in [0, 0.1) is 0 Å². The van der Waals surface area contributed by atoms with Crippen molar-refractivity contribution in [1.82, 2.24) is 25.3 Å². The van der Waals surface area contributed by atoms with Crippen LogP contribution in [-0.2, 0) is 16.0 Å². The Labute approximate surface area is 238 Å². The summed E-state index contributed by atoms with van der Waals surface area (Å²) in [4.78, 5) is 29.5. The molecule has 1 amide bonds. The van der Waals surface area contributed by atoms with E-state index in [1.807, 2.05) is 54.6 Å². The number of anilines is 4. The van der Waals surface area contributed by atoms with Crippen LogP contribution < -0.4 is 26.0 Å². The number of hydrogen-bond donors (Lipinski definition) is 4. The van der Waals surface area contributed by atoms with Crippen molar-refractivity contribution < 1.29 is 19.0 Å². The van der Waals surface area contributed by atoms with E-state index in [-0.39, 0.29) is 5.91 Å². The van der Waals surface area contributed by atoms with Crippen LogP contribution in [0.25, 0.3) is 0 Å². The molecule has 0 atom stereocenters. The van der Waals surface area contributed by atoms with Crippen LogP contribution in [0.1, 0.15) is 15.9 Å². The van der Waals surface area contributed by atoms with Crippen LogP contribution in [0.2, 0.25) is 0 Å². The number of nitrogens with zero attached hydrogens (tertiary/aromatic N) is 4. The van der Waals surface area contributed by atoms with Gasteiger partial charge in [0.2, 0.25) is 17.8 Å². The van der Waals surface area contributed by atoms with Crippen molar-refractivity contribution in [1.29, 1.82) is 0 Å². The molecule has 0 saturated carbocycles.